The van der Waals surface area contributed by atoms with Crippen LogP contribution in [-0.4, -0.2) is 9.85 Å². The summed E-state index contributed by atoms with van der Waals surface area (Å²) in [5.74, 6) is -0.736. The maximum absolute atomic E-state index is 11.1. The first-order valence-corrected chi connectivity index (χ1v) is 4.78. The summed E-state index contributed by atoms with van der Waals surface area (Å²) in [6.07, 6.45) is 0. The molecule has 0 aliphatic carbocycles. The summed E-state index contributed by atoms with van der Waals surface area (Å²) < 4.78 is 0. The fourth-order valence-corrected chi connectivity index (χ4v) is 1.72. The third-order valence-corrected chi connectivity index (χ3v) is 2.56. The van der Waals surface area contributed by atoms with Gasteiger partial charge in [-0.2, -0.15) is 0 Å². The zero-order valence-electron chi connectivity index (χ0n) is 8.99. The zero-order valence-corrected chi connectivity index (χ0v) is 8.99. The molecule has 0 aliphatic rings. The molecule has 0 atom stereocenters. The number of rotatable bonds is 4. The van der Waals surface area contributed by atoms with Crippen molar-refractivity contribution in [2.45, 2.75) is 19.5 Å². The second-order valence-corrected chi connectivity index (χ2v) is 3.76. The topological polar surface area (TPSA) is 86.3 Å². The van der Waals surface area contributed by atoms with Crippen LogP contribution in [0.15, 0.2) is 30.3 Å². The molecular formula is C10H12N2O4. The van der Waals surface area contributed by atoms with Crippen LogP contribution in [0.2, 0.25) is 0 Å². The Morgan fingerprint density at radius 1 is 1.06 bits per heavy atom. The van der Waals surface area contributed by atoms with Gasteiger partial charge in [-0.3, -0.25) is 20.2 Å². The molecule has 86 valence electrons. The summed E-state index contributed by atoms with van der Waals surface area (Å²) >= 11 is 0. The van der Waals surface area contributed by atoms with E-state index in [2.05, 4.69) is 0 Å². The van der Waals surface area contributed by atoms with Gasteiger partial charge in [0.15, 0.2) is 0 Å². The summed E-state index contributed by atoms with van der Waals surface area (Å²) in [4.78, 5) is 20.5. The van der Waals surface area contributed by atoms with Crippen LogP contribution in [0.3, 0.4) is 0 Å². The number of nitro groups is 2. The van der Waals surface area contributed by atoms with Crippen molar-refractivity contribution in [3.8, 4) is 0 Å². The van der Waals surface area contributed by atoms with E-state index in [4.69, 9.17) is 0 Å². The van der Waals surface area contributed by atoms with Crippen molar-refractivity contribution in [3.05, 3.63) is 56.1 Å². The highest BCUT2D eigenvalue weighted by molar-refractivity contribution is 5.20. The number of benzene rings is 1. The molecule has 1 rings (SSSR count). The summed E-state index contributed by atoms with van der Waals surface area (Å²) in [6, 6.07) is 7.59. The molecule has 0 radical (unpaired) electrons. The molecule has 0 heterocycles. The molecule has 0 saturated carbocycles. The van der Waals surface area contributed by atoms with Crippen LogP contribution in [-0.2, 0) is 5.66 Å². The first-order chi connectivity index (χ1) is 7.44. The van der Waals surface area contributed by atoms with Gasteiger partial charge < -0.3 is 0 Å². The highest BCUT2D eigenvalue weighted by Gasteiger charge is 2.60. The minimum Gasteiger partial charge on any atom is -0.258 e. The number of nitrogens with zero attached hydrogens (tertiary/aromatic N) is 2. The van der Waals surface area contributed by atoms with Crippen LogP contribution in [0.4, 0.5) is 0 Å². The van der Waals surface area contributed by atoms with E-state index in [1.165, 1.54) is 26.0 Å². The van der Waals surface area contributed by atoms with Crippen LogP contribution < -0.4 is 0 Å². The molecule has 0 fully saturated rings. The van der Waals surface area contributed by atoms with E-state index in [0.29, 0.717) is 0 Å². The third-order valence-electron chi connectivity index (χ3n) is 2.56. The van der Waals surface area contributed by atoms with E-state index in [9.17, 15) is 20.2 Å². The average molecular weight is 224 g/mol. The van der Waals surface area contributed by atoms with E-state index >= 15 is 0 Å². The summed E-state index contributed by atoms with van der Waals surface area (Å²) in [6.45, 7) is 2.94. The standard InChI is InChI=1S/C10H12N2O4/c1-8(2)10(11(13)14,12(15)16)9-6-4-3-5-7-9/h3-8H,1-2H3. The predicted octanol–water partition coefficient (Wildman–Crippen LogP) is 2.05. The van der Waals surface area contributed by atoms with E-state index in [1.54, 1.807) is 18.2 Å². The Balaban J connectivity index is 3.46. The van der Waals surface area contributed by atoms with Crippen molar-refractivity contribution in [2.24, 2.45) is 5.92 Å². The van der Waals surface area contributed by atoms with Crippen LogP contribution in [0, 0.1) is 26.1 Å². The monoisotopic (exact) mass is 224 g/mol. The molecule has 6 nitrogen and oxygen atoms in total. The molecule has 1 aromatic rings. The Morgan fingerprint density at radius 2 is 1.50 bits per heavy atom. The molecule has 0 aromatic heterocycles. The van der Waals surface area contributed by atoms with Crippen LogP contribution >= 0.6 is 0 Å². The Morgan fingerprint density at radius 3 is 1.81 bits per heavy atom. The Labute approximate surface area is 92.2 Å². The van der Waals surface area contributed by atoms with Gasteiger partial charge >= 0.3 is 5.66 Å². The van der Waals surface area contributed by atoms with E-state index in [0.717, 1.165) is 0 Å². The quantitative estimate of drug-likeness (QED) is 0.445. The van der Waals surface area contributed by atoms with Gasteiger partial charge in [0.1, 0.15) is 21.3 Å². The zero-order chi connectivity index (χ0) is 12.3. The molecule has 0 saturated heterocycles. The van der Waals surface area contributed by atoms with Gasteiger partial charge in [0, 0.05) is 0 Å². The SMILES string of the molecule is CC(C)C(c1ccccc1)([N+](=O)[O-])[N+](=O)[O-]. The second-order valence-electron chi connectivity index (χ2n) is 3.76. The summed E-state index contributed by atoms with van der Waals surface area (Å²) in [5.41, 5.74) is -2.17. The normalized spacial score (nSPS) is 11.4. The lowest BCUT2D eigenvalue weighted by atomic mass is 9.89. The van der Waals surface area contributed by atoms with Crippen LogP contribution in [0.1, 0.15) is 19.4 Å². The lowest BCUT2D eigenvalue weighted by molar-refractivity contribution is -0.819. The molecule has 0 aliphatic heterocycles. The summed E-state index contributed by atoms with van der Waals surface area (Å²) in [5, 5.41) is 22.1. The molecule has 16 heavy (non-hydrogen) atoms. The van der Waals surface area contributed by atoms with Crippen molar-refractivity contribution in [3.63, 3.8) is 0 Å². The Hall–Kier alpha value is -1.98. The van der Waals surface area contributed by atoms with E-state index in [-0.39, 0.29) is 5.56 Å². The molecule has 0 spiro atoms. The molecule has 0 amide bonds. The van der Waals surface area contributed by atoms with E-state index < -0.39 is 21.4 Å². The highest BCUT2D eigenvalue weighted by Crippen LogP contribution is 2.33. The highest BCUT2D eigenvalue weighted by atomic mass is 16.7. The smallest absolute Gasteiger partial charge is 0.258 e. The molecule has 1 aromatic carbocycles. The molecule has 0 unspecified atom stereocenters. The maximum Gasteiger partial charge on any atom is 0.486 e. The summed E-state index contributed by atoms with van der Waals surface area (Å²) in [7, 11) is 0. The van der Waals surface area contributed by atoms with E-state index in [1.807, 2.05) is 0 Å². The minimum absolute atomic E-state index is 0.0972. The molecular weight excluding hydrogens is 212 g/mol. The Kier molecular flexibility index (Phi) is 3.22. The fourth-order valence-electron chi connectivity index (χ4n) is 1.72. The molecule has 0 N–H and O–H groups in total. The second kappa shape index (κ2) is 4.26. The third kappa shape index (κ3) is 1.62. The first-order valence-electron chi connectivity index (χ1n) is 4.78. The average Bonchev–Trinajstić information content (AvgIpc) is 2.18. The van der Waals surface area contributed by atoms with Gasteiger partial charge in [0.05, 0.1) is 0 Å². The predicted molar refractivity (Wildman–Crippen MR) is 56.9 cm³/mol. The number of hydrogen-bond donors (Lipinski definition) is 0. The molecule has 0 bridgehead atoms. The first kappa shape index (κ1) is 12.1. The fraction of sp³-hybridized carbons (Fsp3) is 0.400. The van der Waals surface area contributed by atoms with Crippen molar-refractivity contribution in [1.29, 1.82) is 0 Å². The van der Waals surface area contributed by atoms with Crippen LogP contribution in [0.5, 0.6) is 0 Å². The number of hydrogen-bond acceptors (Lipinski definition) is 4. The van der Waals surface area contributed by atoms with Crippen molar-refractivity contribution >= 4 is 0 Å². The van der Waals surface area contributed by atoms with Crippen LogP contribution in [0.25, 0.3) is 0 Å². The van der Waals surface area contributed by atoms with Gasteiger partial charge in [0.25, 0.3) is 0 Å². The van der Waals surface area contributed by atoms with Gasteiger partial charge in [-0.1, -0.05) is 18.2 Å². The van der Waals surface area contributed by atoms with Gasteiger partial charge in [0.2, 0.25) is 0 Å². The largest absolute Gasteiger partial charge is 0.486 e. The van der Waals surface area contributed by atoms with Crippen molar-refractivity contribution in [2.75, 3.05) is 0 Å². The molecule has 6 heteroatoms. The maximum atomic E-state index is 11.1. The minimum atomic E-state index is -2.26. The van der Waals surface area contributed by atoms with Gasteiger partial charge in [-0.25, -0.2) is 0 Å². The van der Waals surface area contributed by atoms with Gasteiger partial charge in [-0.05, 0) is 26.0 Å². The lowest BCUT2D eigenvalue weighted by Crippen LogP contribution is -2.47. The van der Waals surface area contributed by atoms with Gasteiger partial charge in [-0.15, -0.1) is 0 Å². The Bertz CT molecular complexity index is 389. The van der Waals surface area contributed by atoms with Crippen molar-refractivity contribution in [1.82, 2.24) is 0 Å². The van der Waals surface area contributed by atoms with Crippen molar-refractivity contribution < 1.29 is 9.85 Å². The lowest BCUT2D eigenvalue weighted by Gasteiger charge is -2.20.